The van der Waals surface area contributed by atoms with E-state index in [2.05, 4.69) is 9.46 Å². The molecule has 1 fully saturated rings. The predicted octanol–water partition coefficient (Wildman–Crippen LogP) is 1.27. The summed E-state index contributed by atoms with van der Waals surface area (Å²) in [5, 5.41) is 0. The van der Waals surface area contributed by atoms with Crippen LogP contribution in [0.3, 0.4) is 0 Å². The molecular weight excluding hydrogens is 304 g/mol. The van der Waals surface area contributed by atoms with Gasteiger partial charge in [-0.25, -0.2) is 17.9 Å². The Labute approximate surface area is 131 Å². The van der Waals surface area contributed by atoms with Crippen LogP contribution in [0.4, 0.5) is 0 Å². The quantitative estimate of drug-likeness (QED) is 0.794. The summed E-state index contributed by atoms with van der Waals surface area (Å²) in [4.78, 5) is 11.7. The number of hydrogen-bond donors (Lipinski definition) is 2. The van der Waals surface area contributed by atoms with Gasteiger partial charge in [0.15, 0.2) is 0 Å². The number of esters is 1. The SMILES string of the molecule is COC(=O)c1ccccc1S(=O)(=O)NC1CCCCC1CN. The smallest absolute Gasteiger partial charge is 0.339 e. The van der Waals surface area contributed by atoms with Gasteiger partial charge in [0.2, 0.25) is 10.0 Å². The number of carbonyl (C=O) groups excluding carboxylic acids is 1. The third kappa shape index (κ3) is 3.66. The summed E-state index contributed by atoms with van der Waals surface area (Å²) in [6, 6.07) is 5.86. The second-order valence-electron chi connectivity index (χ2n) is 5.50. The number of rotatable bonds is 5. The third-order valence-electron chi connectivity index (χ3n) is 4.10. The lowest BCUT2D eigenvalue weighted by Crippen LogP contribution is -2.44. The normalized spacial score (nSPS) is 22.3. The highest BCUT2D eigenvalue weighted by atomic mass is 32.2. The van der Waals surface area contributed by atoms with Gasteiger partial charge in [0.05, 0.1) is 17.6 Å². The van der Waals surface area contributed by atoms with Crippen molar-refractivity contribution in [2.75, 3.05) is 13.7 Å². The predicted molar refractivity (Wildman–Crippen MR) is 82.9 cm³/mol. The van der Waals surface area contributed by atoms with Crippen molar-refractivity contribution in [3.05, 3.63) is 29.8 Å². The van der Waals surface area contributed by atoms with Crippen LogP contribution < -0.4 is 10.5 Å². The van der Waals surface area contributed by atoms with E-state index in [1.807, 2.05) is 0 Å². The van der Waals surface area contributed by atoms with Gasteiger partial charge >= 0.3 is 5.97 Å². The Morgan fingerprint density at radius 3 is 2.68 bits per heavy atom. The van der Waals surface area contributed by atoms with Crippen molar-refractivity contribution in [1.29, 1.82) is 0 Å². The Hall–Kier alpha value is -1.44. The second-order valence-corrected chi connectivity index (χ2v) is 7.18. The maximum absolute atomic E-state index is 12.6. The number of benzene rings is 1. The average molecular weight is 326 g/mol. The van der Waals surface area contributed by atoms with E-state index in [1.165, 1.54) is 19.2 Å². The third-order valence-corrected chi connectivity index (χ3v) is 5.65. The molecule has 1 saturated carbocycles. The lowest BCUT2D eigenvalue weighted by atomic mass is 9.85. The molecule has 0 heterocycles. The van der Waals surface area contributed by atoms with Crippen LogP contribution in [0.1, 0.15) is 36.0 Å². The highest BCUT2D eigenvalue weighted by molar-refractivity contribution is 7.89. The molecule has 0 aliphatic heterocycles. The Morgan fingerprint density at radius 2 is 2.00 bits per heavy atom. The van der Waals surface area contributed by atoms with Crippen molar-refractivity contribution in [3.63, 3.8) is 0 Å². The van der Waals surface area contributed by atoms with E-state index in [0.29, 0.717) is 6.54 Å². The Bertz CT molecular complexity index is 630. The molecule has 0 spiro atoms. The largest absolute Gasteiger partial charge is 0.465 e. The Balaban J connectivity index is 2.29. The molecule has 0 aromatic heterocycles. The molecule has 3 N–H and O–H groups in total. The summed E-state index contributed by atoms with van der Waals surface area (Å²) in [5.74, 6) is -0.534. The molecule has 0 radical (unpaired) electrons. The monoisotopic (exact) mass is 326 g/mol. The molecular formula is C15H22N2O4S. The fraction of sp³-hybridized carbons (Fsp3) is 0.533. The van der Waals surface area contributed by atoms with Crippen molar-refractivity contribution < 1.29 is 17.9 Å². The van der Waals surface area contributed by atoms with Gasteiger partial charge in [0, 0.05) is 6.04 Å². The summed E-state index contributed by atoms with van der Waals surface area (Å²) >= 11 is 0. The zero-order chi connectivity index (χ0) is 16.2. The minimum atomic E-state index is -3.80. The van der Waals surface area contributed by atoms with Crippen LogP contribution in [0.15, 0.2) is 29.2 Å². The first-order valence-corrected chi connectivity index (χ1v) is 8.87. The summed E-state index contributed by atoms with van der Waals surface area (Å²) in [6.07, 6.45) is 3.73. The van der Waals surface area contributed by atoms with Crippen LogP contribution >= 0.6 is 0 Å². The number of methoxy groups -OCH3 is 1. The Kier molecular flexibility index (Phi) is 5.55. The first-order valence-electron chi connectivity index (χ1n) is 7.39. The van der Waals surface area contributed by atoms with Crippen LogP contribution in [0, 0.1) is 5.92 Å². The van der Waals surface area contributed by atoms with Gasteiger partial charge in [-0.1, -0.05) is 25.0 Å². The van der Waals surface area contributed by atoms with Crippen LogP contribution in [-0.2, 0) is 14.8 Å². The van der Waals surface area contributed by atoms with E-state index >= 15 is 0 Å². The van der Waals surface area contributed by atoms with Gasteiger partial charge in [0.1, 0.15) is 0 Å². The van der Waals surface area contributed by atoms with Crippen molar-refractivity contribution >= 4 is 16.0 Å². The van der Waals surface area contributed by atoms with Gasteiger partial charge in [-0.2, -0.15) is 0 Å². The van der Waals surface area contributed by atoms with Crippen LogP contribution in [-0.4, -0.2) is 34.1 Å². The van der Waals surface area contributed by atoms with Gasteiger partial charge in [0.25, 0.3) is 0 Å². The summed E-state index contributed by atoms with van der Waals surface area (Å²) in [5.41, 5.74) is 5.78. The minimum Gasteiger partial charge on any atom is -0.465 e. The van der Waals surface area contributed by atoms with E-state index in [0.717, 1.165) is 25.7 Å². The van der Waals surface area contributed by atoms with Gasteiger partial charge < -0.3 is 10.5 Å². The van der Waals surface area contributed by atoms with Crippen LogP contribution in [0.25, 0.3) is 0 Å². The zero-order valence-corrected chi connectivity index (χ0v) is 13.4. The molecule has 1 aliphatic rings. The molecule has 0 amide bonds. The standard InChI is InChI=1S/C15H22N2O4S/c1-21-15(18)12-7-3-5-9-14(12)22(19,20)17-13-8-4-2-6-11(13)10-16/h3,5,7,9,11,13,17H,2,4,6,8,10,16H2,1H3. The molecule has 0 bridgehead atoms. The van der Waals surface area contributed by atoms with Crippen molar-refractivity contribution in [2.24, 2.45) is 11.7 Å². The number of ether oxygens (including phenoxy) is 1. The van der Waals surface area contributed by atoms with Crippen molar-refractivity contribution in [2.45, 2.75) is 36.6 Å². The van der Waals surface area contributed by atoms with Crippen LogP contribution in [0.5, 0.6) is 0 Å². The Morgan fingerprint density at radius 1 is 1.32 bits per heavy atom. The molecule has 2 unspecified atom stereocenters. The van der Waals surface area contributed by atoms with Crippen molar-refractivity contribution in [3.8, 4) is 0 Å². The van der Waals surface area contributed by atoms with Gasteiger partial charge in [-0.15, -0.1) is 0 Å². The molecule has 1 aromatic rings. The molecule has 2 rings (SSSR count). The molecule has 0 saturated heterocycles. The lowest BCUT2D eigenvalue weighted by Gasteiger charge is -2.31. The fourth-order valence-corrected chi connectivity index (χ4v) is 4.42. The fourth-order valence-electron chi connectivity index (χ4n) is 2.89. The molecule has 122 valence electrons. The molecule has 1 aromatic carbocycles. The average Bonchev–Trinajstić information content (AvgIpc) is 2.54. The second kappa shape index (κ2) is 7.21. The van der Waals surface area contributed by atoms with E-state index in [-0.39, 0.29) is 22.4 Å². The van der Waals surface area contributed by atoms with Gasteiger partial charge in [-0.05, 0) is 37.4 Å². The number of nitrogens with two attached hydrogens (primary N) is 1. The first-order chi connectivity index (χ1) is 10.5. The summed E-state index contributed by atoms with van der Waals surface area (Å²) in [6.45, 7) is 0.450. The maximum Gasteiger partial charge on any atom is 0.339 e. The van der Waals surface area contributed by atoms with E-state index < -0.39 is 16.0 Å². The minimum absolute atomic E-state index is 0.0395. The first kappa shape index (κ1) is 16.9. The lowest BCUT2D eigenvalue weighted by molar-refractivity contribution is 0.0596. The molecule has 7 heteroatoms. The summed E-state index contributed by atoms with van der Waals surface area (Å²) in [7, 11) is -2.57. The van der Waals surface area contributed by atoms with E-state index in [1.54, 1.807) is 12.1 Å². The van der Waals surface area contributed by atoms with Crippen molar-refractivity contribution in [1.82, 2.24) is 4.72 Å². The number of carbonyl (C=O) groups is 1. The zero-order valence-electron chi connectivity index (χ0n) is 12.6. The van der Waals surface area contributed by atoms with E-state index in [4.69, 9.17) is 5.73 Å². The maximum atomic E-state index is 12.6. The highest BCUT2D eigenvalue weighted by Crippen LogP contribution is 2.26. The van der Waals surface area contributed by atoms with Gasteiger partial charge in [-0.3, -0.25) is 0 Å². The number of sulfonamides is 1. The molecule has 6 nitrogen and oxygen atoms in total. The number of nitrogens with one attached hydrogen (secondary N) is 1. The number of hydrogen-bond acceptors (Lipinski definition) is 5. The van der Waals surface area contributed by atoms with Crippen LogP contribution in [0.2, 0.25) is 0 Å². The summed E-state index contributed by atoms with van der Waals surface area (Å²) < 4.78 is 32.7. The highest BCUT2D eigenvalue weighted by Gasteiger charge is 2.30. The topological polar surface area (TPSA) is 98.5 Å². The molecule has 22 heavy (non-hydrogen) atoms. The molecule has 1 aliphatic carbocycles. The molecule has 2 atom stereocenters. The van der Waals surface area contributed by atoms with E-state index in [9.17, 15) is 13.2 Å².